The summed E-state index contributed by atoms with van der Waals surface area (Å²) in [4.78, 5) is 33.7. The normalized spacial score (nSPS) is 10.1. The van der Waals surface area contributed by atoms with E-state index in [0.717, 1.165) is 6.42 Å². The Labute approximate surface area is 140 Å². The molecule has 0 aliphatic heterocycles. The summed E-state index contributed by atoms with van der Waals surface area (Å²) in [6.07, 6.45) is 2.44. The molecule has 0 fully saturated rings. The number of methoxy groups -OCH3 is 1. The van der Waals surface area contributed by atoms with Crippen LogP contribution in [0.15, 0.2) is 18.2 Å². The van der Waals surface area contributed by atoms with Crippen molar-refractivity contribution in [3.05, 3.63) is 33.9 Å². The first-order valence-corrected chi connectivity index (χ1v) is 7.75. The summed E-state index contributed by atoms with van der Waals surface area (Å²) in [5.74, 6) is -0.375. The Morgan fingerprint density at radius 1 is 1.25 bits per heavy atom. The molecule has 0 saturated heterocycles. The number of esters is 1. The highest BCUT2D eigenvalue weighted by Crippen LogP contribution is 2.23. The first kappa shape index (κ1) is 19.4. The number of carbonyl (C=O) groups excluding carboxylic acids is 2. The molecule has 0 saturated carbocycles. The second-order valence-corrected chi connectivity index (χ2v) is 5.01. The van der Waals surface area contributed by atoms with Crippen LogP contribution in [-0.2, 0) is 9.53 Å². The molecular formula is C16H22N2O6. The number of amides is 1. The predicted molar refractivity (Wildman–Crippen MR) is 87.1 cm³/mol. The lowest BCUT2D eigenvalue weighted by Gasteiger charge is -2.07. The third-order valence-electron chi connectivity index (χ3n) is 3.29. The van der Waals surface area contributed by atoms with E-state index in [-0.39, 0.29) is 17.2 Å². The number of carbonyl (C=O) groups is 2. The van der Waals surface area contributed by atoms with Crippen molar-refractivity contribution >= 4 is 17.6 Å². The smallest absolute Gasteiger partial charge is 0.305 e. The Bertz CT molecular complexity index is 588. The van der Waals surface area contributed by atoms with Gasteiger partial charge in [0.1, 0.15) is 11.3 Å². The van der Waals surface area contributed by atoms with Gasteiger partial charge >= 0.3 is 5.97 Å². The van der Waals surface area contributed by atoms with E-state index in [9.17, 15) is 19.7 Å². The number of nitrogens with one attached hydrogen (secondary N) is 1. The van der Waals surface area contributed by atoms with Gasteiger partial charge in [0.2, 0.25) is 0 Å². The standard InChI is InChI=1S/C16H22N2O6/c1-3-24-15(19)7-5-4-6-10-17-16(20)13-11-12(23-2)8-9-14(13)18(21)22/h8-9,11H,3-7,10H2,1-2H3,(H,17,20). The van der Waals surface area contributed by atoms with Crippen LogP contribution in [0.1, 0.15) is 43.0 Å². The SMILES string of the molecule is CCOC(=O)CCCCCNC(=O)c1cc(OC)ccc1[N+](=O)[O-]. The highest BCUT2D eigenvalue weighted by atomic mass is 16.6. The van der Waals surface area contributed by atoms with E-state index in [4.69, 9.17) is 9.47 Å². The molecule has 0 heterocycles. The molecule has 1 aromatic carbocycles. The Hall–Kier alpha value is -2.64. The number of benzene rings is 1. The number of hydrogen-bond donors (Lipinski definition) is 1. The van der Waals surface area contributed by atoms with Gasteiger partial charge in [0.05, 0.1) is 18.6 Å². The number of rotatable bonds is 10. The summed E-state index contributed by atoms with van der Waals surface area (Å²) < 4.78 is 9.81. The quantitative estimate of drug-likeness (QED) is 0.304. The summed E-state index contributed by atoms with van der Waals surface area (Å²) in [5.41, 5.74) is -0.304. The molecule has 1 amide bonds. The molecule has 1 N–H and O–H groups in total. The van der Waals surface area contributed by atoms with Gasteiger partial charge in [0, 0.05) is 19.0 Å². The molecule has 132 valence electrons. The van der Waals surface area contributed by atoms with E-state index in [1.807, 2.05) is 0 Å². The molecule has 0 bridgehead atoms. The van der Waals surface area contributed by atoms with E-state index in [1.165, 1.54) is 25.3 Å². The number of nitro groups is 1. The number of nitrogens with zero attached hydrogens (tertiary/aromatic N) is 1. The number of unbranched alkanes of at least 4 members (excludes halogenated alkanes) is 2. The largest absolute Gasteiger partial charge is 0.497 e. The molecule has 0 aliphatic rings. The summed E-state index contributed by atoms with van der Waals surface area (Å²) in [5, 5.41) is 13.6. The minimum atomic E-state index is -0.603. The highest BCUT2D eigenvalue weighted by molar-refractivity contribution is 5.98. The van der Waals surface area contributed by atoms with Crippen LogP contribution in [0.25, 0.3) is 0 Å². The Balaban J connectivity index is 2.45. The van der Waals surface area contributed by atoms with Crippen LogP contribution in [0.2, 0.25) is 0 Å². The average molecular weight is 338 g/mol. The van der Waals surface area contributed by atoms with Crippen molar-refractivity contribution in [2.75, 3.05) is 20.3 Å². The molecule has 8 heteroatoms. The number of ether oxygens (including phenoxy) is 2. The average Bonchev–Trinajstić information content (AvgIpc) is 2.57. The zero-order valence-electron chi connectivity index (χ0n) is 13.9. The molecule has 24 heavy (non-hydrogen) atoms. The number of hydrogen-bond acceptors (Lipinski definition) is 6. The van der Waals surface area contributed by atoms with Gasteiger partial charge in [-0.25, -0.2) is 0 Å². The third-order valence-corrected chi connectivity index (χ3v) is 3.29. The monoisotopic (exact) mass is 338 g/mol. The van der Waals surface area contributed by atoms with Gasteiger partial charge in [0.25, 0.3) is 11.6 Å². The van der Waals surface area contributed by atoms with Gasteiger partial charge in [-0.05, 0) is 31.9 Å². The van der Waals surface area contributed by atoms with Crippen LogP contribution in [0, 0.1) is 10.1 Å². The lowest BCUT2D eigenvalue weighted by atomic mass is 10.1. The molecule has 1 rings (SSSR count). The Morgan fingerprint density at radius 2 is 2.00 bits per heavy atom. The molecule has 0 aliphatic carbocycles. The molecule has 1 aromatic rings. The maximum atomic E-state index is 12.1. The fourth-order valence-corrected chi connectivity index (χ4v) is 2.08. The van der Waals surface area contributed by atoms with E-state index in [0.29, 0.717) is 38.2 Å². The van der Waals surface area contributed by atoms with E-state index >= 15 is 0 Å². The van der Waals surface area contributed by atoms with Crippen molar-refractivity contribution in [1.82, 2.24) is 5.32 Å². The maximum absolute atomic E-state index is 12.1. The summed E-state index contributed by atoms with van der Waals surface area (Å²) in [6.45, 7) is 2.50. The highest BCUT2D eigenvalue weighted by Gasteiger charge is 2.20. The molecule has 0 atom stereocenters. The van der Waals surface area contributed by atoms with E-state index in [2.05, 4.69) is 5.32 Å². The first-order valence-electron chi connectivity index (χ1n) is 7.75. The summed E-state index contributed by atoms with van der Waals surface area (Å²) in [6, 6.07) is 4.02. The van der Waals surface area contributed by atoms with Crippen molar-refractivity contribution in [2.45, 2.75) is 32.6 Å². The fraction of sp³-hybridized carbons (Fsp3) is 0.500. The minimum absolute atomic E-state index is 0.0362. The maximum Gasteiger partial charge on any atom is 0.305 e. The predicted octanol–water partition coefficient (Wildman–Crippen LogP) is 2.46. The topological polar surface area (TPSA) is 108 Å². The van der Waals surface area contributed by atoms with E-state index in [1.54, 1.807) is 6.92 Å². The van der Waals surface area contributed by atoms with Gasteiger partial charge in [-0.2, -0.15) is 0 Å². The van der Waals surface area contributed by atoms with Crippen LogP contribution in [-0.4, -0.2) is 37.1 Å². The first-order chi connectivity index (χ1) is 11.5. The van der Waals surface area contributed by atoms with E-state index < -0.39 is 10.8 Å². The van der Waals surface area contributed by atoms with Crippen molar-refractivity contribution < 1.29 is 24.0 Å². The molecule has 8 nitrogen and oxygen atoms in total. The second kappa shape index (κ2) is 10.2. The van der Waals surface area contributed by atoms with Gasteiger partial charge in [-0.3, -0.25) is 19.7 Å². The van der Waals surface area contributed by atoms with Gasteiger partial charge in [-0.1, -0.05) is 6.42 Å². The zero-order chi connectivity index (χ0) is 17.9. The van der Waals surface area contributed by atoms with Crippen molar-refractivity contribution in [2.24, 2.45) is 0 Å². The molecule has 0 spiro atoms. The van der Waals surface area contributed by atoms with Crippen molar-refractivity contribution in [3.63, 3.8) is 0 Å². The van der Waals surface area contributed by atoms with Crippen LogP contribution in [0.3, 0.4) is 0 Å². The zero-order valence-corrected chi connectivity index (χ0v) is 13.9. The van der Waals surface area contributed by atoms with Crippen LogP contribution >= 0.6 is 0 Å². The second-order valence-electron chi connectivity index (χ2n) is 5.01. The fourth-order valence-electron chi connectivity index (χ4n) is 2.08. The summed E-state index contributed by atoms with van der Waals surface area (Å²) >= 11 is 0. The van der Waals surface area contributed by atoms with Crippen molar-refractivity contribution in [1.29, 1.82) is 0 Å². The lowest BCUT2D eigenvalue weighted by molar-refractivity contribution is -0.385. The Kier molecular flexibility index (Phi) is 8.24. The van der Waals surface area contributed by atoms with Crippen molar-refractivity contribution in [3.8, 4) is 5.75 Å². The molecule has 0 radical (unpaired) electrons. The third kappa shape index (κ3) is 6.23. The molecule has 0 aromatic heterocycles. The van der Waals surface area contributed by atoms with Gasteiger partial charge < -0.3 is 14.8 Å². The molecule has 0 unspecified atom stereocenters. The minimum Gasteiger partial charge on any atom is -0.497 e. The number of nitro benzene ring substituents is 1. The van der Waals surface area contributed by atoms with Gasteiger partial charge in [-0.15, -0.1) is 0 Å². The summed E-state index contributed by atoms with van der Waals surface area (Å²) in [7, 11) is 1.42. The lowest BCUT2D eigenvalue weighted by Crippen LogP contribution is -2.25. The van der Waals surface area contributed by atoms with Crippen LogP contribution < -0.4 is 10.1 Å². The molecular weight excluding hydrogens is 316 g/mol. The van der Waals surface area contributed by atoms with Gasteiger partial charge in [0.15, 0.2) is 0 Å². The van der Waals surface area contributed by atoms with Crippen LogP contribution in [0.5, 0.6) is 5.75 Å². The van der Waals surface area contributed by atoms with Crippen LogP contribution in [0.4, 0.5) is 5.69 Å². The Morgan fingerprint density at radius 3 is 2.62 bits per heavy atom.